The van der Waals surface area contributed by atoms with Crippen molar-refractivity contribution in [3.8, 4) is 34.2 Å². The summed E-state index contributed by atoms with van der Waals surface area (Å²) in [6.07, 6.45) is 7.47. The zero-order chi connectivity index (χ0) is 24.7. The van der Waals surface area contributed by atoms with E-state index in [2.05, 4.69) is 21.5 Å². The SMILES string of the molecule is COc1cc([C@@H](CC2CC2)n2cc(-c3c(F)nnn3C)cn2)[n+]([O-])cc1-c1cc(Cl)ccc1C#N. The molecule has 9 nitrogen and oxygen atoms in total. The van der Waals surface area contributed by atoms with E-state index in [1.807, 2.05) is 0 Å². The molecular formula is C24H21ClFN7O2. The number of aromatic nitrogens is 6. The molecule has 4 aromatic rings. The number of hydrogen-bond acceptors (Lipinski definition) is 6. The number of aryl methyl sites for hydroxylation is 1. The van der Waals surface area contributed by atoms with Crippen molar-refractivity contribution in [1.29, 1.82) is 5.26 Å². The van der Waals surface area contributed by atoms with Gasteiger partial charge in [-0.25, -0.2) is 4.68 Å². The Balaban J connectivity index is 1.60. The molecule has 0 saturated heterocycles. The quantitative estimate of drug-likeness (QED) is 0.284. The highest BCUT2D eigenvalue weighted by Crippen LogP contribution is 2.41. The normalized spacial score (nSPS) is 14.0. The van der Waals surface area contributed by atoms with E-state index in [-0.39, 0.29) is 5.69 Å². The maximum Gasteiger partial charge on any atom is 0.260 e. The number of methoxy groups -OCH3 is 1. The van der Waals surface area contributed by atoms with Crippen LogP contribution in [0.1, 0.15) is 36.6 Å². The molecule has 1 aliphatic carbocycles. The average molecular weight is 494 g/mol. The molecule has 35 heavy (non-hydrogen) atoms. The minimum atomic E-state index is -0.689. The molecule has 1 aromatic carbocycles. The summed E-state index contributed by atoms with van der Waals surface area (Å²) in [4.78, 5) is 0. The van der Waals surface area contributed by atoms with E-state index in [4.69, 9.17) is 16.3 Å². The van der Waals surface area contributed by atoms with E-state index in [1.54, 1.807) is 42.2 Å². The smallest absolute Gasteiger partial charge is 0.260 e. The average Bonchev–Trinajstić information content (AvgIpc) is 3.44. The summed E-state index contributed by atoms with van der Waals surface area (Å²) >= 11 is 6.17. The fourth-order valence-electron chi connectivity index (χ4n) is 4.28. The number of ether oxygens (including phenoxy) is 1. The van der Waals surface area contributed by atoms with Crippen LogP contribution in [0.3, 0.4) is 0 Å². The van der Waals surface area contributed by atoms with Crippen molar-refractivity contribution >= 4 is 11.6 Å². The van der Waals surface area contributed by atoms with Crippen LogP contribution in [-0.4, -0.2) is 31.9 Å². The van der Waals surface area contributed by atoms with Gasteiger partial charge >= 0.3 is 0 Å². The molecule has 1 aliphatic rings. The molecule has 0 bridgehead atoms. The molecule has 11 heteroatoms. The van der Waals surface area contributed by atoms with Crippen LogP contribution in [0.15, 0.2) is 42.9 Å². The Kier molecular flexibility index (Phi) is 5.86. The Hall–Kier alpha value is -3.97. The number of nitriles is 1. The van der Waals surface area contributed by atoms with Crippen LogP contribution in [0.25, 0.3) is 22.4 Å². The maximum absolute atomic E-state index is 14.2. The minimum absolute atomic E-state index is 0.217. The highest BCUT2D eigenvalue weighted by Gasteiger charge is 2.33. The lowest BCUT2D eigenvalue weighted by atomic mass is 9.99. The standard InChI is InChI=1S/C24H21ClFN7O2/c1-31-23(24(26)29-30-31)16-11-28-32(12-16)20(7-14-3-4-14)21-9-22(35-2)19(13-33(21)34)18-8-17(25)6-5-15(18)10-27/h5-6,8-9,11-14,20H,3-4,7H2,1-2H3/t20-/m1/s1. The van der Waals surface area contributed by atoms with Gasteiger partial charge in [-0.05, 0) is 30.5 Å². The minimum Gasteiger partial charge on any atom is -0.618 e. The number of benzene rings is 1. The molecule has 3 heterocycles. The van der Waals surface area contributed by atoms with Crippen LogP contribution in [0, 0.1) is 28.4 Å². The Morgan fingerprint density at radius 2 is 2.14 bits per heavy atom. The van der Waals surface area contributed by atoms with E-state index >= 15 is 0 Å². The monoisotopic (exact) mass is 493 g/mol. The highest BCUT2D eigenvalue weighted by molar-refractivity contribution is 6.31. The van der Waals surface area contributed by atoms with Gasteiger partial charge in [0, 0.05) is 29.4 Å². The van der Waals surface area contributed by atoms with Crippen molar-refractivity contribution in [2.75, 3.05) is 7.11 Å². The van der Waals surface area contributed by atoms with E-state index < -0.39 is 12.0 Å². The molecule has 0 N–H and O–H groups in total. The van der Waals surface area contributed by atoms with Gasteiger partial charge in [0.05, 0.1) is 36.6 Å². The molecule has 0 aliphatic heterocycles. The molecular weight excluding hydrogens is 473 g/mol. The molecule has 3 aromatic heterocycles. The second-order valence-corrected chi connectivity index (χ2v) is 9.00. The second kappa shape index (κ2) is 9.00. The summed E-state index contributed by atoms with van der Waals surface area (Å²) < 4.78 is 23.6. The number of rotatable bonds is 7. The number of pyridine rings is 1. The lowest BCUT2D eigenvalue weighted by molar-refractivity contribution is -0.615. The van der Waals surface area contributed by atoms with Crippen molar-refractivity contribution in [2.45, 2.75) is 25.3 Å². The fraction of sp³-hybridized carbons (Fsp3) is 0.292. The fourth-order valence-corrected chi connectivity index (χ4v) is 4.46. The van der Waals surface area contributed by atoms with Gasteiger partial charge in [-0.2, -0.15) is 19.5 Å². The summed E-state index contributed by atoms with van der Waals surface area (Å²) in [5.41, 5.74) is 2.49. The highest BCUT2D eigenvalue weighted by atomic mass is 35.5. The lowest BCUT2D eigenvalue weighted by Crippen LogP contribution is -2.36. The van der Waals surface area contributed by atoms with Crippen molar-refractivity contribution in [1.82, 2.24) is 24.8 Å². The molecule has 1 fully saturated rings. The van der Waals surface area contributed by atoms with Gasteiger partial charge in [0.15, 0.2) is 6.20 Å². The second-order valence-electron chi connectivity index (χ2n) is 8.56. The first-order valence-electron chi connectivity index (χ1n) is 11.0. The molecule has 0 unspecified atom stereocenters. The molecule has 178 valence electrons. The van der Waals surface area contributed by atoms with Gasteiger partial charge < -0.3 is 9.94 Å². The zero-order valence-electron chi connectivity index (χ0n) is 19.0. The van der Waals surface area contributed by atoms with Crippen molar-refractivity contribution < 1.29 is 13.9 Å². The zero-order valence-corrected chi connectivity index (χ0v) is 19.8. The largest absolute Gasteiger partial charge is 0.618 e. The number of halogens is 2. The lowest BCUT2D eigenvalue weighted by Gasteiger charge is -2.19. The van der Waals surface area contributed by atoms with Crippen LogP contribution in [0.5, 0.6) is 5.75 Å². The van der Waals surface area contributed by atoms with Crippen LogP contribution in [0.2, 0.25) is 5.02 Å². The molecule has 0 amide bonds. The molecule has 1 atom stereocenters. The van der Waals surface area contributed by atoms with Gasteiger partial charge in [-0.3, -0.25) is 4.68 Å². The predicted molar refractivity (Wildman–Crippen MR) is 125 cm³/mol. The Morgan fingerprint density at radius 1 is 1.34 bits per heavy atom. The Labute approximate surface area is 205 Å². The van der Waals surface area contributed by atoms with Gasteiger partial charge in [-0.1, -0.05) is 34.8 Å². The van der Waals surface area contributed by atoms with Gasteiger partial charge in [0.25, 0.3) is 5.95 Å². The van der Waals surface area contributed by atoms with E-state index in [0.717, 1.165) is 17.6 Å². The maximum atomic E-state index is 14.2. The Morgan fingerprint density at radius 3 is 2.80 bits per heavy atom. The van der Waals surface area contributed by atoms with Crippen LogP contribution in [-0.2, 0) is 7.05 Å². The van der Waals surface area contributed by atoms with Gasteiger partial charge in [0.1, 0.15) is 17.5 Å². The molecule has 0 spiro atoms. The van der Waals surface area contributed by atoms with E-state index in [0.29, 0.717) is 51.1 Å². The van der Waals surface area contributed by atoms with Gasteiger partial charge in [0.2, 0.25) is 5.69 Å². The Bertz CT molecular complexity index is 1440. The number of hydrogen-bond donors (Lipinski definition) is 0. The molecule has 5 rings (SSSR count). The van der Waals surface area contributed by atoms with Gasteiger partial charge in [-0.15, -0.1) is 0 Å². The van der Waals surface area contributed by atoms with Crippen molar-refractivity contribution in [3.05, 3.63) is 70.3 Å². The van der Waals surface area contributed by atoms with Crippen molar-refractivity contribution in [2.24, 2.45) is 13.0 Å². The topological polar surface area (TPSA) is 108 Å². The third-order valence-electron chi connectivity index (χ3n) is 6.23. The first-order chi connectivity index (χ1) is 16.9. The van der Waals surface area contributed by atoms with E-state index in [9.17, 15) is 14.9 Å². The summed E-state index contributed by atoms with van der Waals surface area (Å²) in [6, 6.07) is 8.26. The number of nitrogens with zero attached hydrogens (tertiary/aromatic N) is 7. The third-order valence-corrected chi connectivity index (χ3v) is 6.47. The van der Waals surface area contributed by atoms with Crippen LogP contribution < -0.4 is 9.47 Å². The predicted octanol–water partition coefficient (Wildman–Crippen LogP) is 4.04. The van der Waals surface area contributed by atoms with Crippen LogP contribution in [0.4, 0.5) is 4.39 Å². The summed E-state index contributed by atoms with van der Waals surface area (Å²) in [5.74, 6) is 0.206. The third kappa shape index (κ3) is 4.31. The molecule has 0 radical (unpaired) electrons. The van der Waals surface area contributed by atoms with Crippen LogP contribution >= 0.6 is 11.6 Å². The van der Waals surface area contributed by atoms with E-state index in [1.165, 1.54) is 24.2 Å². The summed E-state index contributed by atoms with van der Waals surface area (Å²) in [7, 11) is 3.11. The first-order valence-corrected chi connectivity index (χ1v) is 11.4. The summed E-state index contributed by atoms with van der Waals surface area (Å²) in [5, 5.41) is 35.0. The first kappa shape index (κ1) is 22.8. The molecule has 1 saturated carbocycles. The van der Waals surface area contributed by atoms with Crippen molar-refractivity contribution in [3.63, 3.8) is 0 Å². The summed E-state index contributed by atoms with van der Waals surface area (Å²) in [6.45, 7) is 0.